The summed E-state index contributed by atoms with van der Waals surface area (Å²) in [5.41, 5.74) is 1.77. The monoisotopic (exact) mass is 328 g/mol. The average molecular weight is 328 g/mol. The zero-order valence-corrected chi connectivity index (χ0v) is 13.3. The van der Waals surface area contributed by atoms with Crippen LogP contribution in [0.4, 0.5) is 5.69 Å². The third-order valence-electron chi connectivity index (χ3n) is 3.73. The number of hydrogen-bond acceptors (Lipinski definition) is 7. The number of rotatable bonds is 3. The first-order chi connectivity index (χ1) is 11.7. The molecule has 1 aromatic carbocycles. The Morgan fingerprint density at radius 2 is 1.96 bits per heavy atom. The Labute approximate surface area is 138 Å². The van der Waals surface area contributed by atoms with Crippen LogP contribution in [0.15, 0.2) is 47.8 Å². The molecule has 124 valence electrons. The van der Waals surface area contributed by atoms with E-state index < -0.39 is 11.9 Å². The van der Waals surface area contributed by atoms with Gasteiger partial charge in [0.2, 0.25) is 0 Å². The second-order valence-electron chi connectivity index (χ2n) is 5.10. The van der Waals surface area contributed by atoms with Gasteiger partial charge in [-0.05, 0) is 24.3 Å². The van der Waals surface area contributed by atoms with Crippen molar-refractivity contribution >= 4 is 28.5 Å². The van der Waals surface area contributed by atoms with Crippen molar-refractivity contribution in [2.75, 3.05) is 32.5 Å². The number of nitrogens with zero attached hydrogens (tertiary/aromatic N) is 2. The summed E-state index contributed by atoms with van der Waals surface area (Å²) < 4.78 is 15.0. The zero-order valence-electron chi connectivity index (χ0n) is 13.3. The van der Waals surface area contributed by atoms with Crippen LogP contribution in [0.3, 0.4) is 0 Å². The van der Waals surface area contributed by atoms with Crippen LogP contribution in [0.5, 0.6) is 0 Å². The normalized spacial score (nSPS) is 14.7. The number of aromatic nitrogens is 1. The number of ether oxygens (including phenoxy) is 3. The van der Waals surface area contributed by atoms with Crippen LogP contribution >= 0.6 is 0 Å². The minimum Gasteiger partial charge on any atom is -0.466 e. The van der Waals surface area contributed by atoms with Crippen LogP contribution in [0.1, 0.15) is 0 Å². The number of pyridine rings is 1. The summed E-state index contributed by atoms with van der Waals surface area (Å²) in [6, 6.07) is 9.26. The van der Waals surface area contributed by atoms with Gasteiger partial charge in [0.15, 0.2) is 0 Å². The maximum Gasteiger partial charge on any atom is 0.355 e. The van der Waals surface area contributed by atoms with Crippen LogP contribution in [-0.2, 0) is 23.8 Å². The first-order valence-electron chi connectivity index (χ1n) is 7.25. The number of esters is 2. The molecular formula is C17H16N2O5. The van der Waals surface area contributed by atoms with Crippen molar-refractivity contribution in [3.05, 3.63) is 47.8 Å². The molecule has 3 rings (SSSR count). The first kappa shape index (κ1) is 15.9. The standard InChI is InChI=1S/C17H16N2O5/c1-22-16(20)13-9-24-10-19(15(13)17(21)23-2)12-5-6-14-11(8-12)4-3-7-18-14/h3-8H,9-10H2,1-2H3. The topological polar surface area (TPSA) is 78.0 Å². The fourth-order valence-electron chi connectivity index (χ4n) is 2.58. The first-order valence-corrected chi connectivity index (χ1v) is 7.25. The number of carbonyl (C=O) groups excluding carboxylic acids is 2. The lowest BCUT2D eigenvalue weighted by Crippen LogP contribution is -2.38. The molecule has 1 aliphatic rings. The number of anilines is 1. The smallest absolute Gasteiger partial charge is 0.355 e. The summed E-state index contributed by atoms with van der Waals surface area (Å²) in [7, 11) is 2.52. The summed E-state index contributed by atoms with van der Waals surface area (Å²) in [5, 5.41) is 0.907. The highest BCUT2D eigenvalue weighted by atomic mass is 16.5. The Morgan fingerprint density at radius 3 is 2.71 bits per heavy atom. The Bertz CT molecular complexity index is 831. The van der Waals surface area contributed by atoms with Crippen LogP contribution in [0.2, 0.25) is 0 Å². The van der Waals surface area contributed by atoms with E-state index in [1.165, 1.54) is 14.2 Å². The van der Waals surface area contributed by atoms with Crippen molar-refractivity contribution in [3.8, 4) is 0 Å². The van der Waals surface area contributed by atoms with E-state index in [0.717, 1.165) is 10.9 Å². The van der Waals surface area contributed by atoms with Gasteiger partial charge < -0.3 is 19.1 Å². The van der Waals surface area contributed by atoms with Crippen molar-refractivity contribution in [1.82, 2.24) is 4.98 Å². The van der Waals surface area contributed by atoms with Crippen LogP contribution < -0.4 is 4.90 Å². The third-order valence-corrected chi connectivity index (χ3v) is 3.73. The lowest BCUT2D eigenvalue weighted by atomic mass is 10.1. The maximum absolute atomic E-state index is 12.2. The van der Waals surface area contributed by atoms with Gasteiger partial charge in [-0.15, -0.1) is 0 Å². The molecule has 2 heterocycles. The fraction of sp³-hybridized carbons (Fsp3) is 0.235. The van der Waals surface area contributed by atoms with E-state index in [4.69, 9.17) is 14.2 Å². The highest BCUT2D eigenvalue weighted by molar-refractivity contribution is 6.03. The molecule has 0 aliphatic carbocycles. The van der Waals surface area contributed by atoms with Gasteiger partial charge in [-0.3, -0.25) is 4.98 Å². The van der Waals surface area contributed by atoms with Gasteiger partial charge in [-0.25, -0.2) is 9.59 Å². The molecule has 0 radical (unpaired) electrons. The van der Waals surface area contributed by atoms with Crippen LogP contribution in [0, 0.1) is 0 Å². The number of hydrogen-bond donors (Lipinski definition) is 0. The molecule has 0 atom stereocenters. The van der Waals surface area contributed by atoms with E-state index >= 15 is 0 Å². The molecule has 0 spiro atoms. The van der Waals surface area contributed by atoms with Gasteiger partial charge in [0.25, 0.3) is 0 Å². The molecule has 0 N–H and O–H groups in total. The molecule has 0 bridgehead atoms. The lowest BCUT2D eigenvalue weighted by molar-refractivity contribution is -0.140. The summed E-state index contributed by atoms with van der Waals surface area (Å²) in [5.74, 6) is -1.24. The predicted octanol–water partition coefficient (Wildman–Crippen LogP) is 1.63. The maximum atomic E-state index is 12.2. The second kappa shape index (κ2) is 6.67. The van der Waals surface area contributed by atoms with Gasteiger partial charge in [-0.2, -0.15) is 0 Å². The molecule has 0 amide bonds. The summed E-state index contributed by atoms with van der Waals surface area (Å²) >= 11 is 0. The molecule has 0 saturated heterocycles. The number of fused-ring (bicyclic) bond motifs is 1. The Morgan fingerprint density at radius 1 is 1.17 bits per heavy atom. The van der Waals surface area contributed by atoms with Crippen molar-refractivity contribution in [2.45, 2.75) is 0 Å². The van der Waals surface area contributed by atoms with Gasteiger partial charge in [-0.1, -0.05) is 6.07 Å². The summed E-state index contributed by atoms with van der Waals surface area (Å²) in [4.78, 5) is 30.1. The van der Waals surface area contributed by atoms with Crippen molar-refractivity contribution in [1.29, 1.82) is 0 Å². The van der Waals surface area contributed by atoms with Crippen molar-refractivity contribution < 1.29 is 23.8 Å². The zero-order chi connectivity index (χ0) is 17.1. The van der Waals surface area contributed by atoms with Gasteiger partial charge in [0.1, 0.15) is 12.4 Å². The molecule has 2 aromatic rings. The average Bonchev–Trinajstić information content (AvgIpc) is 2.65. The van der Waals surface area contributed by atoms with E-state index in [-0.39, 0.29) is 24.6 Å². The van der Waals surface area contributed by atoms with Gasteiger partial charge in [0, 0.05) is 17.3 Å². The molecular weight excluding hydrogens is 312 g/mol. The molecule has 24 heavy (non-hydrogen) atoms. The lowest BCUT2D eigenvalue weighted by Gasteiger charge is -2.31. The van der Waals surface area contributed by atoms with E-state index in [1.54, 1.807) is 11.1 Å². The minimum absolute atomic E-state index is 0.0112. The fourth-order valence-corrected chi connectivity index (χ4v) is 2.58. The quantitative estimate of drug-likeness (QED) is 0.792. The number of carbonyl (C=O) groups is 2. The van der Waals surface area contributed by atoms with Crippen LogP contribution in [0.25, 0.3) is 10.9 Å². The SMILES string of the molecule is COC(=O)C1=C(C(=O)OC)N(c2ccc3ncccc3c2)COC1. The largest absolute Gasteiger partial charge is 0.466 e. The molecule has 0 unspecified atom stereocenters. The van der Waals surface area contributed by atoms with Crippen LogP contribution in [-0.4, -0.2) is 44.5 Å². The molecule has 7 heteroatoms. The van der Waals surface area contributed by atoms with E-state index in [2.05, 4.69) is 4.98 Å². The number of benzene rings is 1. The Kier molecular flexibility index (Phi) is 4.43. The highest BCUT2D eigenvalue weighted by Crippen LogP contribution is 2.28. The molecule has 1 aliphatic heterocycles. The van der Waals surface area contributed by atoms with E-state index in [0.29, 0.717) is 5.69 Å². The van der Waals surface area contributed by atoms with E-state index in [1.807, 2.05) is 30.3 Å². The second-order valence-corrected chi connectivity index (χ2v) is 5.10. The molecule has 1 aromatic heterocycles. The minimum atomic E-state index is -0.623. The van der Waals surface area contributed by atoms with Crippen molar-refractivity contribution in [3.63, 3.8) is 0 Å². The molecule has 0 fully saturated rings. The van der Waals surface area contributed by atoms with Gasteiger partial charge >= 0.3 is 11.9 Å². The predicted molar refractivity (Wildman–Crippen MR) is 86.1 cm³/mol. The molecule has 7 nitrogen and oxygen atoms in total. The Balaban J connectivity index is 2.12. The summed E-state index contributed by atoms with van der Waals surface area (Å²) in [6.45, 7) is 0.111. The van der Waals surface area contributed by atoms with Gasteiger partial charge in [0.05, 0.1) is 31.9 Å². The van der Waals surface area contributed by atoms with Crippen molar-refractivity contribution in [2.24, 2.45) is 0 Å². The highest BCUT2D eigenvalue weighted by Gasteiger charge is 2.32. The summed E-state index contributed by atoms with van der Waals surface area (Å²) in [6.07, 6.45) is 1.71. The third kappa shape index (κ3) is 2.81. The molecule has 0 saturated carbocycles. The Hall–Kier alpha value is -2.93. The van der Waals surface area contributed by atoms with E-state index in [9.17, 15) is 9.59 Å². The number of methoxy groups -OCH3 is 2.